The van der Waals surface area contributed by atoms with Crippen LogP contribution < -0.4 is 15.4 Å². The highest BCUT2D eigenvalue weighted by Crippen LogP contribution is 2.18. The van der Waals surface area contributed by atoms with Crippen LogP contribution in [0.25, 0.3) is 0 Å². The monoisotopic (exact) mass is 402 g/mol. The standard InChI is InChI=1S/C24H22N2O4/c1-17(27)19-11-13-20(14-12-19)26-23(28)16-30-22-10-6-5-9-21(22)24(29)25-15-18-7-3-2-4-8-18/h2-14H,15-16H2,1H3,(H,25,29)(H,26,28). The number of carbonyl (C=O) groups excluding carboxylic acids is 3. The minimum atomic E-state index is -0.370. The van der Waals surface area contributed by atoms with E-state index in [0.717, 1.165) is 5.56 Å². The number of benzene rings is 3. The molecular formula is C24H22N2O4. The fraction of sp³-hybridized carbons (Fsp3) is 0.125. The summed E-state index contributed by atoms with van der Waals surface area (Å²) in [5.41, 5.74) is 2.47. The molecule has 0 aliphatic heterocycles. The Balaban J connectivity index is 1.56. The van der Waals surface area contributed by atoms with Gasteiger partial charge in [-0.3, -0.25) is 14.4 Å². The van der Waals surface area contributed by atoms with Gasteiger partial charge < -0.3 is 15.4 Å². The number of amides is 2. The zero-order chi connectivity index (χ0) is 21.3. The predicted octanol–water partition coefficient (Wildman–Crippen LogP) is 3.84. The number of hydrogen-bond donors (Lipinski definition) is 2. The Bertz CT molecular complexity index is 1030. The van der Waals surface area contributed by atoms with Gasteiger partial charge in [-0.2, -0.15) is 0 Å². The molecule has 0 atom stereocenters. The molecule has 0 fully saturated rings. The summed E-state index contributed by atoms with van der Waals surface area (Å²) >= 11 is 0. The fourth-order valence-electron chi connectivity index (χ4n) is 2.78. The SMILES string of the molecule is CC(=O)c1ccc(NC(=O)COc2ccccc2C(=O)NCc2ccccc2)cc1. The van der Waals surface area contributed by atoms with Crippen LogP contribution in [-0.4, -0.2) is 24.2 Å². The lowest BCUT2D eigenvalue weighted by Gasteiger charge is -2.12. The number of Topliss-reactive ketones (excluding diaryl/α,β-unsaturated/α-hetero) is 1. The molecule has 0 heterocycles. The van der Waals surface area contributed by atoms with Gasteiger partial charge in [0.05, 0.1) is 5.56 Å². The van der Waals surface area contributed by atoms with Gasteiger partial charge in [-0.05, 0) is 48.9 Å². The van der Waals surface area contributed by atoms with Crippen molar-refractivity contribution in [2.24, 2.45) is 0 Å². The van der Waals surface area contributed by atoms with Crippen molar-refractivity contribution in [1.29, 1.82) is 0 Å². The average Bonchev–Trinajstić information content (AvgIpc) is 2.77. The van der Waals surface area contributed by atoms with Gasteiger partial charge in [-0.15, -0.1) is 0 Å². The molecule has 0 aliphatic carbocycles. The van der Waals surface area contributed by atoms with Crippen LogP contribution in [0.2, 0.25) is 0 Å². The zero-order valence-electron chi connectivity index (χ0n) is 16.6. The highest BCUT2D eigenvalue weighted by atomic mass is 16.5. The third kappa shape index (κ3) is 5.78. The molecule has 0 saturated heterocycles. The molecule has 0 bridgehead atoms. The summed E-state index contributed by atoms with van der Waals surface area (Å²) in [6.07, 6.45) is 0. The van der Waals surface area contributed by atoms with Gasteiger partial charge in [-0.25, -0.2) is 0 Å². The molecule has 3 aromatic rings. The van der Waals surface area contributed by atoms with E-state index in [1.807, 2.05) is 30.3 Å². The highest BCUT2D eigenvalue weighted by molar-refractivity contribution is 5.97. The first-order chi connectivity index (χ1) is 14.5. The van der Waals surface area contributed by atoms with Crippen LogP contribution in [0.15, 0.2) is 78.9 Å². The van der Waals surface area contributed by atoms with Crippen LogP contribution >= 0.6 is 0 Å². The van der Waals surface area contributed by atoms with Crippen molar-refractivity contribution in [3.63, 3.8) is 0 Å². The summed E-state index contributed by atoms with van der Waals surface area (Å²) < 4.78 is 5.58. The molecule has 6 nitrogen and oxygen atoms in total. The number of rotatable bonds is 8. The molecule has 6 heteroatoms. The van der Waals surface area contributed by atoms with Gasteiger partial charge in [0.1, 0.15) is 5.75 Å². The van der Waals surface area contributed by atoms with Crippen molar-refractivity contribution < 1.29 is 19.1 Å². The quantitative estimate of drug-likeness (QED) is 0.561. The molecule has 3 rings (SSSR count). The second-order valence-electron chi connectivity index (χ2n) is 6.63. The van der Waals surface area contributed by atoms with Gasteiger partial charge in [0.2, 0.25) is 0 Å². The van der Waals surface area contributed by atoms with E-state index in [4.69, 9.17) is 4.74 Å². The summed E-state index contributed by atoms with van der Waals surface area (Å²) in [4.78, 5) is 36.0. The lowest BCUT2D eigenvalue weighted by atomic mass is 10.1. The lowest BCUT2D eigenvalue weighted by molar-refractivity contribution is -0.118. The van der Waals surface area contributed by atoms with Crippen molar-refractivity contribution in [2.75, 3.05) is 11.9 Å². The maximum absolute atomic E-state index is 12.5. The minimum Gasteiger partial charge on any atom is -0.483 e. The Morgan fingerprint density at radius 2 is 1.50 bits per heavy atom. The number of nitrogens with one attached hydrogen (secondary N) is 2. The molecule has 0 spiro atoms. The van der Waals surface area contributed by atoms with Crippen LogP contribution in [0.5, 0.6) is 5.75 Å². The van der Waals surface area contributed by atoms with Gasteiger partial charge in [-0.1, -0.05) is 42.5 Å². The van der Waals surface area contributed by atoms with Crippen LogP contribution in [-0.2, 0) is 11.3 Å². The maximum atomic E-state index is 12.5. The number of ether oxygens (including phenoxy) is 1. The molecule has 0 aliphatic rings. The van der Waals surface area contributed by atoms with Gasteiger partial charge in [0.25, 0.3) is 11.8 Å². The average molecular weight is 402 g/mol. The number of hydrogen-bond acceptors (Lipinski definition) is 4. The zero-order valence-corrected chi connectivity index (χ0v) is 16.6. The highest BCUT2D eigenvalue weighted by Gasteiger charge is 2.13. The van der Waals surface area contributed by atoms with Crippen LogP contribution in [0.1, 0.15) is 33.2 Å². The summed E-state index contributed by atoms with van der Waals surface area (Å²) in [6, 6.07) is 22.9. The third-order valence-corrected chi connectivity index (χ3v) is 4.36. The van der Waals surface area contributed by atoms with E-state index in [1.54, 1.807) is 48.5 Å². The lowest BCUT2D eigenvalue weighted by Crippen LogP contribution is -2.25. The topological polar surface area (TPSA) is 84.5 Å². The Morgan fingerprint density at radius 1 is 0.833 bits per heavy atom. The molecule has 0 radical (unpaired) electrons. The molecular weight excluding hydrogens is 380 g/mol. The van der Waals surface area contributed by atoms with Crippen LogP contribution in [0.3, 0.4) is 0 Å². The summed E-state index contributed by atoms with van der Waals surface area (Å²) in [5, 5.41) is 5.55. The Kier molecular flexibility index (Phi) is 6.95. The van der Waals surface area contributed by atoms with E-state index in [-0.39, 0.29) is 24.2 Å². The van der Waals surface area contributed by atoms with E-state index in [0.29, 0.717) is 29.1 Å². The molecule has 2 N–H and O–H groups in total. The Labute approximate surface area is 174 Å². The van der Waals surface area contributed by atoms with E-state index in [2.05, 4.69) is 10.6 Å². The summed E-state index contributed by atoms with van der Waals surface area (Å²) in [6.45, 7) is 1.62. The molecule has 0 saturated carbocycles. The van der Waals surface area contributed by atoms with Gasteiger partial charge in [0, 0.05) is 17.8 Å². The van der Waals surface area contributed by atoms with Gasteiger partial charge in [0.15, 0.2) is 12.4 Å². The third-order valence-electron chi connectivity index (χ3n) is 4.36. The normalized spacial score (nSPS) is 10.2. The molecule has 2 amide bonds. The summed E-state index contributed by atoms with van der Waals surface area (Å²) in [7, 11) is 0. The molecule has 30 heavy (non-hydrogen) atoms. The minimum absolute atomic E-state index is 0.0432. The fourth-order valence-corrected chi connectivity index (χ4v) is 2.78. The van der Waals surface area contributed by atoms with E-state index in [9.17, 15) is 14.4 Å². The Hall–Kier alpha value is -3.93. The van der Waals surface area contributed by atoms with Crippen molar-refractivity contribution in [2.45, 2.75) is 13.5 Å². The molecule has 0 aromatic heterocycles. The number of para-hydroxylation sites is 1. The molecule has 0 unspecified atom stereocenters. The largest absolute Gasteiger partial charge is 0.483 e. The smallest absolute Gasteiger partial charge is 0.262 e. The second-order valence-corrected chi connectivity index (χ2v) is 6.63. The number of anilines is 1. The maximum Gasteiger partial charge on any atom is 0.262 e. The number of carbonyl (C=O) groups is 3. The van der Waals surface area contributed by atoms with E-state index in [1.165, 1.54) is 6.92 Å². The van der Waals surface area contributed by atoms with Crippen molar-refractivity contribution >= 4 is 23.3 Å². The second kappa shape index (κ2) is 10.0. The van der Waals surface area contributed by atoms with E-state index >= 15 is 0 Å². The van der Waals surface area contributed by atoms with Crippen LogP contribution in [0, 0.1) is 0 Å². The van der Waals surface area contributed by atoms with Crippen molar-refractivity contribution in [3.8, 4) is 5.75 Å². The predicted molar refractivity (Wildman–Crippen MR) is 115 cm³/mol. The van der Waals surface area contributed by atoms with Crippen LogP contribution in [0.4, 0.5) is 5.69 Å². The number of ketones is 1. The molecule has 152 valence electrons. The summed E-state index contributed by atoms with van der Waals surface area (Å²) in [5.74, 6) is -0.372. The Morgan fingerprint density at radius 3 is 2.20 bits per heavy atom. The first kappa shape index (κ1) is 20.8. The van der Waals surface area contributed by atoms with Crippen molar-refractivity contribution in [1.82, 2.24) is 5.32 Å². The van der Waals surface area contributed by atoms with Gasteiger partial charge >= 0.3 is 0 Å². The van der Waals surface area contributed by atoms with Crippen molar-refractivity contribution in [3.05, 3.63) is 95.6 Å². The first-order valence-corrected chi connectivity index (χ1v) is 9.48. The molecule has 3 aromatic carbocycles. The van der Waals surface area contributed by atoms with E-state index < -0.39 is 0 Å². The first-order valence-electron chi connectivity index (χ1n) is 9.48.